The molecule has 0 saturated carbocycles. The number of ether oxygens (including phenoxy) is 1. The molecule has 0 unspecified atom stereocenters. The van der Waals surface area contributed by atoms with Gasteiger partial charge in [-0.25, -0.2) is 4.39 Å². The molecule has 2 heterocycles. The van der Waals surface area contributed by atoms with E-state index in [0.717, 1.165) is 29.3 Å². The number of carbonyl (C=O) groups excluding carboxylic acids is 1. The van der Waals surface area contributed by atoms with E-state index in [1.165, 1.54) is 30.3 Å². The molecule has 188 valence electrons. The van der Waals surface area contributed by atoms with Gasteiger partial charge in [0.25, 0.3) is 0 Å². The van der Waals surface area contributed by atoms with Gasteiger partial charge in [0.15, 0.2) is 0 Å². The van der Waals surface area contributed by atoms with Crippen molar-refractivity contribution < 1.29 is 27.1 Å². The summed E-state index contributed by atoms with van der Waals surface area (Å²) in [4.78, 5) is 17.7. The second kappa shape index (κ2) is 9.37. The van der Waals surface area contributed by atoms with Crippen molar-refractivity contribution in [1.29, 1.82) is 0 Å². The minimum absolute atomic E-state index is 0.171. The van der Waals surface area contributed by atoms with Gasteiger partial charge in [0.05, 0.1) is 24.6 Å². The topological polar surface area (TPSA) is 44.8 Å². The van der Waals surface area contributed by atoms with Gasteiger partial charge in [-0.1, -0.05) is 0 Å². The van der Waals surface area contributed by atoms with Crippen LogP contribution in [0.3, 0.4) is 0 Å². The van der Waals surface area contributed by atoms with Crippen molar-refractivity contribution in [2.45, 2.75) is 18.6 Å². The van der Waals surface area contributed by atoms with Gasteiger partial charge in [0.2, 0.25) is 5.91 Å². The second-order valence-electron chi connectivity index (χ2n) is 9.05. The molecule has 0 bridgehead atoms. The van der Waals surface area contributed by atoms with E-state index < -0.39 is 23.5 Å². The van der Waals surface area contributed by atoms with E-state index in [1.54, 1.807) is 7.11 Å². The molecule has 0 aliphatic carbocycles. The highest BCUT2D eigenvalue weighted by Crippen LogP contribution is 2.40. The van der Waals surface area contributed by atoms with E-state index in [1.807, 2.05) is 29.2 Å². The van der Waals surface area contributed by atoms with Crippen LogP contribution in [0.15, 0.2) is 66.7 Å². The van der Waals surface area contributed by atoms with Gasteiger partial charge in [-0.3, -0.25) is 4.79 Å². The third-order valence-corrected chi connectivity index (χ3v) is 6.93. The molecule has 2 aliphatic rings. The van der Waals surface area contributed by atoms with Crippen LogP contribution in [0.25, 0.3) is 0 Å². The quantitative estimate of drug-likeness (QED) is 0.491. The third-order valence-electron chi connectivity index (χ3n) is 6.93. The summed E-state index contributed by atoms with van der Waals surface area (Å²) < 4.78 is 58.8. The van der Waals surface area contributed by atoms with E-state index in [-0.39, 0.29) is 18.4 Å². The lowest BCUT2D eigenvalue weighted by molar-refractivity contribution is -0.137. The SMILES string of the molecule is COc1ccc(N2CCN3c4ccc(C(F)(F)F)cc4C[C@@H](C(=O)Nc4ccc(F)cc4)[C@@H]3C2)cc1. The minimum atomic E-state index is -4.47. The van der Waals surface area contributed by atoms with Gasteiger partial charge in [-0.05, 0) is 78.7 Å². The number of hydrogen-bond donors (Lipinski definition) is 1. The average Bonchev–Trinajstić information content (AvgIpc) is 2.88. The van der Waals surface area contributed by atoms with Crippen LogP contribution in [-0.2, 0) is 17.4 Å². The highest BCUT2D eigenvalue weighted by molar-refractivity contribution is 5.94. The average molecular weight is 500 g/mol. The highest BCUT2D eigenvalue weighted by Gasteiger charge is 2.43. The highest BCUT2D eigenvalue weighted by atomic mass is 19.4. The van der Waals surface area contributed by atoms with Crippen LogP contribution in [-0.4, -0.2) is 38.7 Å². The molecule has 9 heteroatoms. The molecule has 2 atom stereocenters. The molecule has 36 heavy (non-hydrogen) atoms. The zero-order valence-electron chi connectivity index (χ0n) is 19.6. The lowest BCUT2D eigenvalue weighted by Gasteiger charge is -2.49. The van der Waals surface area contributed by atoms with Crippen molar-refractivity contribution in [2.75, 3.05) is 41.9 Å². The largest absolute Gasteiger partial charge is 0.497 e. The van der Waals surface area contributed by atoms with E-state index in [0.29, 0.717) is 30.9 Å². The van der Waals surface area contributed by atoms with E-state index >= 15 is 0 Å². The number of nitrogens with zero attached hydrogens (tertiary/aromatic N) is 2. The maximum atomic E-state index is 13.4. The van der Waals surface area contributed by atoms with Crippen LogP contribution < -0.4 is 19.9 Å². The minimum Gasteiger partial charge on any atom is -0.497 e. The summed E-state index contributed by atoms with van der Waals surface area (Å²) in [6, 6.07) is 16.6. The zero-order chi connectivity index (χ0) is 25.4. The van der Waals surface area contributed by atoms with Gasteiger partial charge in [-0.15, -0.1) is 0 Å². The molecular weight excluding hydrogens is 474 g/mol. The molecule has 0 radical (unpaired) electrons. The molecule has 1 amide bonds. The van der Waals surface area contributed by atoms with Crippen molar-refractivity contribution in [3.8, 4) is 5.75 Å². The van der Waals surface area contributed by atoms with Gasteiger partial charge in [-0.2, -0.15) is 13.2 Å². The summed E-state index contributed by atoms with van der Waals surface area (Å²) in [7, 11) is 1.60. The lowest BCUT2D eigenvalue weighted by atomic mass is 9.82. The monoisotopic (exact) mass is 499 g/mol. The Morgan fingerprint density at radius 1 is 1.00 bits per heavy atom. The first-order valence-corrected chi connectivity index (χ1v) is 11.6. The van der Waals surface area contributed by atoms with Gasteiger partial charge in [0, 0.05) is 36.7 Å². The number of amides is 1. The summed E-state index contributed by atoms with van der Waals surface area (Å²) in [5, 5.41) is 2.83. The number of hydrogen-bond acceptors (Lipinski definition) is 4. The first kappa shape index (κ1) is 24.0. The lowest BCUT2D eigenvalue weighted by Crippen LogP contribution is -2.60. The van der Waals surface area contributed by atoms with Crippen LogP contribution >= 0.6 is 0 Å². The Balaban J connectivity index is 1.47. The number of benzene rings is 3. The summed E-state index contributed by atoms with van der Waals surface area (Å²) >= 11 is 0. The Hall–Kier alpha value is -3.75. The van der Waals surface area contributed by atoms with Crippen LogP contribution in [0.4, 0.5) is 34.6 Å². The van der Waals surface area contributed by atoms with E-state index in [2.05, 4.69) is 10.2 Å². The molecule has 1 fully saturated rings. The Labute approximate surface area is 206 Å². The normalized spacial score (nSPS) is 19.4. The van der Waals surface area contributed by atoms with Crippen molar-refractivity contribution in [3.63, 3.8) is 0 Å². The summed E-state index contributed by atoms with van der Waals surface area (Å²) in [5.74, 6) is -0.600. The fourth-order valence-electron chi connectivity index (χ4n) is 5.10. The fraction of sp³-hybridized carbons (Fsp3) is 0.296. The van der Waals surface area contributed by atoms with Crippen LogP contribution in [0, 0.1) is 11.7 Å². The van der Waals surface area contributed by atoms with Gasteiger partial charge >= 0.3 is 6.18 Å². The number of fused-ring (bicyclic) bond motifs is 3. The molecule has 1 N–H and O–H groups in total. The maximum Gasteiger partial charge on any atom is 0.416 e. The van der Waals surface area contributed by atoms with Gasteiger partial charge < -0.3 is 19.9 Å². The van der Waals surface area contributed by atoms with Crippen LogP contribution in [0.5, 0.6) is 5.75 Å². The van der Waals surface area contributed by atoms with Crippen molar-refractivity contribution in [3.05, 3.63) is 83.7 Å². The number of halogens is 4. The van der Waals surface area contributed by atoms with Crippen molar-refractivity contribution >= 4 is 23.0 Å². The molecule has 1 saturated heterocycles. The molecule has 3 aromatic rings. The zero-order valence-corrected chi connectivity index (χ0v) is 19.6. The predicted molar refractivity (Wildman–Crippen MR) is 130 cm³/mol. The first-order valence-electron chi connectivity index (χ1n) is 11.6. The predicted octanol–water partition coefficient (Wildman–Crippen LogP) is 5.36. The first-order chi connectivity index (χ1) is 17.2. The van der Waals surface area contributed by atoms with Crippen LogP contribution in [0.2, 0.25) is 0 Å². The van der Waals surface area contributed by atoms with Crippen molar-refractivity contribution in [2.24, 2.45) is 5.92 Å². The van der Waals surface area contributed by atoms with Gasteiger partial charge in [0.1, 0.15) is 11.6 Å². The molecule has 0 aromatic heterocycles. The number of carbonyl (C=O) groups is 1. The Bertz CT molecular complexity index is 1250. The number of rotatable bonds is 4. The molecule has 5 rings (SSSR count). The Kier molecular flexibility index (Phi) is 6.24. The molecule has 3 aromatic carbocycles. The fourth-order valence-corrected chi connectivity index (χ4v) is 5.10. The number of nitrogens with one attached hydrogen (secondary N) is 1. The van der Waals surface area contributed by atoms with Crippen molar-refractivity contribution in [1.82, 2.24) is 0 Å². The molecule has 2 aliphatic heterocycles. The van der Waals surface area contributed by atoms with Crippen LogP contribution in [0.1, 0.15) is 11.1 Å². The number of anilines is 3. The number of alkyl halides is 3. The van der Waals surface area contributed by atoms with E-state index in [9.17, 15) is 22.4 Å². The number of methoxy groups -OCH3 is 1. The third kappa shape index (κ3) is 4.69. The summed E-state index contributed by atoms with van der Waals surface area (Å²) in [6.45, 7) is 1.72. The molecule has 0 spiro atoms. The molecule has 5 nitrogen and oxygen atoms in total. The summed E-state index contributed by atoms with van der Waals surface area (Å²) in [6.07, 6.45) is -4.30. The Morgan fingerprint density at radius 3 is 2.39 bits per heavy atom. The molecular formula is C27H25F4N3O2. The summed E-state index contributed by atoms with van der Waals surface area (Å²) in [5.41, 5.74) is 1.91. The Morgan fingerprint density at radius 2 is 1.72 bits per heavy atom. The maximum absolute atomic E-state index is 13.4. The number of piperazine rings is 1. The van der Waals surface area contributed by atoms with E-state index in [4.69, 9.17) is 4.74 Å². The second-order valence-corrected chi connectivity index (χ2v) is 9.05. The standard InChI is InChI=1S/C27H25F4N3O2/c1-36-22-9-7-21(8-10-22)33-12-13-34-24-11-2-18(27(29,30)31)14-17(24)15-23(25(34)16-33)26(35)32-20-5-3-19(28)4-6-20/h2-11,14,23,25H,12-13,15-16H2,1H3,(H,32,35)/t23-,25+/m1/s1. The smallest absolute Gasteiger partial charge is 0.416 e.